The molecule has 0 bridgehead atoms. The van der Waals surface area contributed by atoms with E-state index in [9.17, 15) is 4.79 Å². The average Bonchev–Trinajstić information content (AvgIpc) is 3.15. The smallest absolute Gasteiger partial charge is 0.253 e. The van der Waals surface area contributed by atoms with Gasteiger partial charge in [0.15, 0.2) is 0 Å². The summed E-state index contributed by atoms with van der Waals surface area (Å²) < 4.78 is 0. The first-order valence-corrected chi connectivity index (χ1v) is 7.45. The Labute approximate surface area is 115 Å². The van der Waals surface area contributed by atoms with Crippen molar-refractivity contribution >= 4 is 5.91 Å². The molecular formula is C17H23NO. The summed E-state index contributed by atoms with van der Waals surface area (Å²) in [6.45, 7) is 8.61. The molecule has 19 heavy (non-hydrogen) atoms. The minimum absolute atomic E-state index is 0.210. The van der Waals surface area contributed by atoms with Crippen molar-refractivity contribution in [3.8, 4) is 0 Å². The molecule has 1 heterocycles. The fourth-order valence-corrected chi connectivity index (χ4v) is 3.28. The first-order valence-electron chi connectivity index (χ1n) is 7.45. The van der Waals surface area contributed by atoms with Crippen LogP contribution in [0.5, 0.6) is 0 Å². The summed E-state index contributed by atoms with van der Waals surface area (Å²) in [5, 5.41) is 0. The van der Waals surface area contributed by atoms with Crippen molar-refractivity contribution in [1.29, 1.82) is 0 Å². The maximum atomic E-state index is 12.3. The van der Waals surface area contributed by atoms with Gasteiger partial charge >= 0.3 is 0 Å². The number of hydrogen-bond donors (Lipinski definition) is 0. The van der Waals surface area contributed by atoms with Gasteiger partial charge in [0.25, 0.3) is 5.91 Å². The van der Waals surface area contributed by atoms with E-state index in [1.54, 1.807) is 0 Å². The Morgan fingerprint density at radius 2 is 2.05 bits per heavy atom. The van der Waals surface area contributed by atoms with Crippen LogP contribution in [0.25, 0.3) is 0 Å². The van der Waals surface area contributed by atoms with Gasteiger partial charge in [-0.25, -0.2) is 0 Å². The van der Waals surface area contributed by atoms with E-state index in [-0.39, 0.29) is 5.91 Å². The molecule has 2 atom stereocenters. The van der Waals surface area contributed by atoms with Crippen LogP contribution in [0.3, 0.4) is 0 Å². The average molecular weight is 257 g/mol. The highest BCUT2D eigenvalue weighted by Gasteiger charge is 2.40. The number of likely N-dealkylation sites (tertiary alicyclic amines) is 1. The fraction of sp³-hybridized carbons (Fsp3) is 0.588. The molecule has 0 N–H and O–H groups in total. The third-order valence-corrected chi connectivity index (χ3v) is 4.61. The van der Waals surface area contributed by atoms with Crippen LogP contribution >= 0.6 is 0 Å². The Balaban J connectivity index is 1.72. The zero-order chi connectivity index (χ0) is 13.6. The van der Waals surface area contributed by atoms with E-state index in [2.05, 4.69) is 32.9 Å². The molecule has 2 heteroatoms. The summed E-state index contributed by atoms with van der Waals surface area (Å²) in [4.78, 5) is 14.3. The first kappa shape index (κ1) is 12.7. The summed E-state index contributed by atoms with van der Waals surface area (Å²) >= 11 is 0. The summed E-state index contributed by atoms with van der Waals surface area (Å²) in [6, 6.07) is 8.31. The lowest BCUT2D eigenvalue weighted by Crippen LogP contribution is -2.48. The lowest BCUT2D eigenvalue weighted by molar-refractivity contribution is 0.0530. The van der Waals surface area contributed by atoms with Crippen LogP contribution in [0.1, 0.15) is 49.0 Å². The van der Waals surface area contributed by atoms with E-state index >= 15 is 0 Å². The molecule has 2 nitrogen and oxygen atoms in total. The minimum Gasteiger partial charge on any atom is -0.338 e. The molecule has 102 valence electrons. The number of benzene rings is 1. The van der Waals surface area contributed by atoms with Crippen molar-refractivity contribution in [2.75, 3.05) is 13.1 Å². The molecule has 0 aromatic heterocycles. The number of hydrogen-bond acceptors (Lipinski definition) is 1. The van der Waals surface area contributed by atoms with Gasteiger partial charge in [0.05, 0.1) is 0 Å². The standard InChI is InChI=1S/C17H23NO/c1-11(2)15-8-16(15)13-5-4-6-14(7-13)17(19)18-9-12(3)10-18/h4-7,11-12,15-16H,8-10H2,1-3H3/t15-,16-/m1/s1. The van der Waals surface area contributed by atoms with Gasteiger partial charge in [-0.2, -0.15) is 0 Å². The quantitative estimate of drug-likeness (QED) is 0.811. The van der Waals surface area contributed by atoms with Gasteiger partial charge in [0, 0.05) is 18.7 Å². The molecule has 1 aromatic carbocycles. The molecular weight excluding hydrogens is 234 g/mol. The monoisotopic (exact) mass is 257 g/mol. The second-order valence-electron chi connectivity index (χ2n) is 6.69. The van der Waals surface area contributed by atoms with Gasteiger partial charge in [-0.15, -0.1) is 0 Å². The van der Waals surface area contributed by atoms with Gasteiger partial charge in [-0.3, -0.25) is 4.79 Å². The van der Waals surface area contributed by atoms with Gasteiger partial charge < -0.3 is 4.90 Å². The van der Waals surface area contributed by atoms with E-state index in [0.717, 1.165) is 30.5 Å². The Hall–Kier alpha value is -1.31. The molecule has 2 aliphatic rings. The van der Waals surface area contributed by atoms with E-state index < -0.39 is 0 Å². The molecule has 1 amide bonds. The molecule has 1 saturated carbocycles. The van der Waals surface area contributed by atoms with E-state index in [0.29, 0.717) is 11.8 Å². The summed E-state index contributed by atoms with van der Waals surface area (Å²) in [5.41, 5.74) is 2.23. The summed E-state index contributed by atoms with van der Waals surface area (Å²) in [7, 11) is 0. The highest BCUT2D eigenvalue weighted by molar-refractivity contribution is 5.95. The Morgan fingerprint density at radius 1 is 1.32 bits per heavy atom. The topological polar surface area (TPSA) is 20.3 Å². The van der Waals surface area contributed by atoms with Crippen LogP contribution in [-0.4, -0.2) is 23.9 Å². The number of carbonyl (C=O) groups excluding carboxylic acids is 1. The molecule has 0 spiro atoms. The molecule has 3 rings (SSSR count). The normalized spacial score (nSPS) is 26.4. The molecule has 1 aliphatic heterocycles. The minimum atomic E-state index is 0.210. The van der Waals surface area contributed by atoms with Crippen LogP contribution in [0.4, 0.5) is 0 Å². The van der Waals surface area contributed by atoms with Gasteiger partial charge in [0.1, 0.15) is 0 Å². The number of nitrogens with zero attached hydrogens (tertiary/aromatic N) is 1. The number of amides is 1. The van der Waals surface area contributed by atoms with Crippen LogP contribution in [0.15, 0.2) is 24.3 Å². The lowest BCUT2D eigenvalue weighted by Gasteiger charge is -2.37. The van der Waals surface area contributed by atoms with Gasteiger partial charge in [0.2, 0.25) is 0 Å². The zero-order valence-electron chi connectivity index (χ0n) is 12.1. The van der Waals surface area contributed by atoms with Crippen LogP contribution in [0.2, 0.25) is 0 Å². The molecule has 2 fully saturated rings. The van der Waals surface area contributed by atoms with Crippen molar-refractivity contribution in [2.45, 2.75) is 33.1 Å². The van der Waals surface area contributed by atoms with Crippen molar-refractivity contribution < 1.29 is 4.79 Å². The number of carbonyl (C=O) groups is 1. The SMILES string of the molecule is CC1CN(C(=O)c2cccc([C@H]3C[C@@H]3C(C)C)c2)C1. The highest BCUT2D eigenvalue weighted by atomic mass is 16.2. The van der Waals surface area contributed by atoms with Crippen molar-refractivity contribution in [2.24, 2.45) is 17.8 Å². The summed E-state index contributed by atoms with van der Waals surface area (Å²) in [5.74, 6) is 3.13. The highest BCUT2D eigenvalue weighted by Crippen LogP contribution is 2.51. The lowest BCUT2D eigenvalue weighted by atomic mass is 9.98. The molecule has 1 aliphatic carbocycles. The molecule has 0 radical (unpaired) electrons. The van der Waals surface area contributed by atoms with E-state index in [4.69, 9.17) is 0 Å². The van der Waals surface area contributed by atoms with Crippen molar-refractivity contribution in [1.82, 2.24) is 4.90 Å². The predicted octanol–water partition coefficient (Wildman–Crippen LogP) is 3.54. The second kappa shape index (κ2) is 4.66. The third kappa shape index (κ3) is 2.41. The zero-order valence-corrected chi connectivity index (χ0v) is 12.1. The molecule has 1 saturated heterocycles. The maximum absolute atomic E-state index is 12.3. The first-order chi connectivity index (χ1) is 9.06. The van der Waals surface area contributed by atoms with Crippen molar-refractivity contribution in [3.05, 3.63) is 35.4 Å². The molecule has 0 unspecified atom stereocenters. The summed E-state index contributed by atoms with van der Waals surface area (Å²) in [6.07, 6.45) is 1.29. The van der Waals surface area contributed by atoms with Gasteiger partial charge in [-0.1, -0.05) is 32.9 Å². The van der Waals surface area contributed by atoms with Crippen molar-refractivity contribution in [3.63, 3.8) is 0 Å². The largest absolute Gasteiger partial charge is 0.338 e. The predicted molar refractivity (Wildman–Crippen MR) is 77.2 cm³/mol. The van der Waals surface area contributed by atoms with Gasteiger partial charge in [-0.05, 0) is 47.8 Å². The Kier molecular flexibility index (Phi) is 3.12. The second-order valence-corrected chi connectivity index (χ2v) is 6.69. The van der Waals surface area contributed by atoms with Crippen LogP contribution < -0.4 is 0 Å². The van der Waals surface area contributed by atoms with E-state index in [1.165, 1.54) is 12.0 Å². The van der Waals surface area contributed by atoms with E-state index in [1.807, 2.05) is 17.0 Å². The Bertz CT molecular complexity index is 488. The van der Waals surface area contributed by atoms with Crippen LogP contribution in [-0.2, 0) is 0 Å². The Morgan fingerprint density at radius 3 is 2.63 bits per heavy atom. The maximum Gasteiger partial charge on any atom is 0.253 e. The number of rotatable bonds is 3. The fourth-order valence-electron chi connectivity index (χ4n) is 3.28. The molecule has 1 aromatic rings. The van der Waals surface area contributed by atoms with Crippen LogP contribution in [0, 0.1) is 17.8 Å². The third-order valence-electron chi connectivity index (χ3n) is 4.61.